The largest absolute Gasteiger partial charge is 0.340 e. The van der Waals surface area contributed by atoms with Crippen LogP contribution in [0.3, 0.4) is 0 Å². The van der Waals surface area contributed by atoms with E-state index in [9.17, 15) is 9.18 Å². The quantitative estimate of drug-likeness (QED) is 0.593. The Morgan fingerprint density at radius 3 is 2.57 bits per heavy atom. The van der Waals surface area contributed by atoms with Crippen LogP contribution in [0.25, 0.3) is 5.69 Å². The van der Waals surface area contributed by atoms with Crippen molar-refractivity contribution < 1.29 is 9.18 Å². The molecule has 0 aliphatic carbocycles. The molecule has 3 rings (SSSR count). The molecule has 0 N–H and O–H groups in total. The van der Waals surface area contributed by atoms with Gasteiger partial charge in [-0.3, -0.25) is 4.79 Å². The van der Waals surface area contributed by atoms with Crippen molar-refractivity contribution in [2.24, 2.45) is 0 Å². The van der Waals surface area contributed by atoms with Gasteiger partial charge in [0.2, 0.25) is 11.1 Å². The Labute approximate surface area is 167 Å². The third kappa shape index (κ3) is 4.39. The summed E-state index contributed by atoms with van der Waals surface area (Å²) in [6, 6.07) is 12.2. The van der Waals surface area contributed by atoms with Gasteiger partial charge in [0.1, 0.15) is 5.82 Å². The molecule has 0 spiro atoms. The molecule has 0 saturated carbocycles. The van der Waals surface area contributed by atoms with Crippen LogP contribution >= 0.6 is 11.8 Å². The summed E-state index contributed by atoms with van der Waals surface area (Å²) in [6.07, 6.45) is 0. The van der Waals surface area contributed by atoms with E-state index in [4.69, 9.17) is 0 Å². The molecular weight excluding hydrogens is 377 g/mol. The molecule has 1 aromatic heterocycles. The van der Waals surface area contributed by atoms with E-state index in [0.29, 0.717) is 11.7 Å². The Hall–Kier alpha value is -2.74. The molecule has 28 heavy (non-hydrogen) atoms. The molecular formula is C20H22FN5OS. The second-order valence-corrected chi connectivity index (χ2v) is 8.01. The van der Waals surface area contributed by atoms with E-state index in [1.807, 2.05) is 39.0 Å². The Bertz CT molecular complexity index is 970. The minimum absolute atomic E-state index is 0.0784. The molecule has 1 amide bonds. The van der Waals surface area contributed by atoms with Gasteiger partial charge in [0.25, 0.3) is 0 Å². The van der Waals surface area contributed by atoms with Crippen LogP contribution in [0.4, 0.5) is 4.39 Å². The first-order chi connectivity index (χ1) is 13.4. The molecule has 0 aliphatic heterocycles. The second kappa shape index (κ2) is 8.52. The first-order valence-corrected chi connectivity index (χ1v) is 9.76. The molecule has 6 nitrogen and oxygen atoms in total. The number of tetrazole rings is 1. The van der Waals surface area contributed by atoms with Crippen LogP contribution in [-0.2, 0) is 11.3 Å². The highest BCUT2D eigenvalue weighted by molar-refractivity contribution is 8.00. The molecule has 0 saturated heterocycles. The van der Waals surface area contributed by atoms with Crippen molar-refractivity contribution in [1.29, 1.82) is 0 Å². The van der Waals surface area contributed by atoms with Crippen LogP contribution in [0, 0.1) is 19.7 Å². The fourth-order valence-electron chi connectivity index (χ4n) is 3.04. The number of benzene rings is 2. The Balaban J connectivity index is 1.74. The van der Waals surface area contributed by atoms with E-state index in [-0.39, 0.29) is 11.7 Å². The highest BCUT2D eigenvalue weighted by atomic mass is 32.2. The van der Waals surface area contributed by atoms with Crippen molar-refractivity contribution in [3.05, 3.63) is 65.0 Å². The maximum atomic E-state index is 13.4. The second-order valence-electron chi connectivity index (χ2n) is 6.70. The Morgan fingerprint density at radius 2 is 1.89 bits per heavy atom. The number of carbonyl (C=O) groups excluding carboxylic acids is 1. The van der Waals surface area contributed by atoms with Gasteiger partial charge in [0, 0.05) is 13.6 Å². The first-order valence-electron chi connectivity index (χ1n) is 8.88. The number of hydrogen-bond donors (Lipinski definition) is 0. The van der Waals surface area contributed by atoms with E-state index >= 15 is 0 Å². The lowest BCUT2D eigenvalue weighted by Crippen LogP contribution is -2.33. The third-order valence-corrected chi connectivity index (χ3v) is 5.43. The predicted octanol–water partition coefficient (Wildman–Crippen LogP) is 3.56. The highest BCUT2D eigenvalue weighted by Crippen LogP contribution is 2.27. The predicted molar refractivity (Wildman–Crippen MR) is 107 cm³/mol. The van der Waals surface area contributed by atoms with Gasteiger partial charge < -0.3 is 4.90 Å². The number of para-hydroxylation sites is 1. The van der Waals surface area contributed by atoms with Crippen LogP contribution in [0.1, 0.15) is 23.6 Å². The molecule has 0 fully saturated rings. The first kappa shape index (κ1) is 20.0. The van der Waals surface area contributed by atoms with Crippen molar-refractivity contribution in [1.82, 2.24) is 25.1 Å². The zero-order chi connectivity index (χ0) is 20.3. The molecule has 1 heterocycles. The number of hydrogen-bond acceptors (Lipinski definition) is 5. The van der Waals surface area contributed by atoms with Gasteiger partial charge in [-0.2, -0.15) is 4.68 Å². The summed E-state index contributed by atoms with van der Waals surface area (Å²) in [5.74, 6) is -0.390. The number of aromatic nitrogens is 4. The summed E-state index contributed by atoms with van der Waals surface area (Å²) in [5, 5.41) is 12.2. The minimum atomic E-state index is -0.396. The zero-order valence-electron chi connectivity index (χ0n) is 16.3. The molecule has 0 radical (unpaired) electrons. The topological polar surface area (TPSA) is 63.9 Å². The SMILES string of the molecule is Cc1cccc(C)c1-n1nnnc1SC(C)C(=O)N(C)Cc1cccc(F)c1. The van der Waals surface area contributed by atoms with Gasteiger partial charge >= 0.3 is 0 Å². The van der Waals surface area contributed by atoms with Gasteiger partial charge in [0.15, 0.2) is 0 Å². The molecule has 0 bridgehead atoms. The Morgan fingerprint density at radius 1 is 1.21 bits per heavy atom. The molecule has 3 aromatic rings. The van der Waals surface area contributed by atoms with Crippen molar-refractivity contribution in [2.45, 2.75) is 37.7 Å². The average molecular weight is 399 g/mol. The molecule has 1 unspecified atom stereocenters. The lowest BCUT2D eigenvalue weighted by atomic mass is 10.1. The van der Waals surface area contributed by atoms with Crippen LogP contribution in [0.2, 0.25) is 0 Å². The van der Waals surface area contributed by atoms with Crippen molar-refractivity contribution in [3.8, 4) is 5.69 Å². The van der Waals surface area contributed by atoms with E-state index in [1.54, 1.807) is 28.8 Å². The van der Waals surface area contributed by atoms with Crippen molar-refractivity contribution in [2.75, 3.05) is 7.05 Å². The highest BCUT2D eigenvalue weighted by Gasteiger charge is 2.23. The summed E-state index contributed by atoms with van der Waals surface area (Å²) in [5.41, 5.74) is 3.77. The van der Waals surface area contributed by atoms with Crippen LogP contribution < -0.4 is 0 Å². The zero-order valence-corrected chi connectivity index (χ0v) is 17.1. The summed E-state index contributed by atoms with van der Waals surface area (Å²) in [7, 11) is 1.71. The summed E-state index contributed by atoms with van der Waals surface area (Å²) >= 11 is 1.30. The minimum Gasteiger partial charge on any atom is -0.340 e. The van der Waals surface area contributed by atoms with E-state index < -0.39 is 5.25 Å². The van der Waals surface area contributed by atoms with Crippen LogP contribution in [-0.4, -0.2) is 43.3 Å². The summed E-state index contributed by atoms with van der Waals surface area (Å²) in [4.78, 5) is 14.4. The molecule has 146 valence electrons. The summed E-state index contributed by atoms with van der Waals surface area (Å²) < 4.78 is 15.0. The normalized spacial score (nSPS) is 12.0. The van der Waals surface area contributed by atoms with Gasteiger partial charge in [0.05, 0.1) is 10.9 Å². The van der Waals surface area contributed by atoms with Gasteiger partial charge in [-0.15, -0.1) is 5.10 Å². The number of halogens is 1. The summed E-state index contributed by atoms with van der Waals surface area (Å²) in [6.45, 7) is 6.15. The number of carbonyl (C=O) groups is 1. The van der Waals surface area contributed by atoms with Gasteiger partial charge in [-0.1, -0.05) is 42.1 Å². The van der Waals surface area contributed by atoms with E-state index in [0.717, 1.165) is 22.4 Å². The number of thioether (sulfide) groups is 1. The average Bonchev–Trinajstić information content (AvgIpc) is 3.08. The van der Waals surface area contributed by atoms with Crippen molar-refractivity contribution in [3.63, 3.8) is 0 Å². The van der Waals surface area contributed by atoms with Crippen molar-refractivity contribution >= 4 is 17.7 Å². The Kier molecular flexibility index (Phi) is 6.08. The number of nitrogens with zero attached hydrogens (tertiary/aromatic N) is 5. The van der Waals surface area contributed by atoms with Crippen LogP contribution in [0.5, 0.6) is 0 Å². The molecule has 0 aliphatic rings. The molecule has 2 aromatic carbocycles. The van der Waals surface area contributed by atoms with Gasteiger partial charge in [-0.25, -0.2) is 4.39 Å². The maximum Gasteiger partial charge on any atom is 0.235 e. The monoisotopic (exact) mass is 399 g/mol. The smallest absolute Gasteiger partial charge is 0.235 e. The van der Waals surface area contributed by atoms with E-state index in [2.05, 4.69) is 15.5 Å². The molecule has 8 heteroatoms. The van der Waals surface area contributed by atoms with Crippen LogP contribution in [0.15, 0.2) is 47.6 Å². The number of amides is 1. The number of rotatable bonds is 6. The van der Waals surface area contributed by atoms with Gasteiger partial charge in [-0.05, 0) is 60.0 Å². The maximum absolute atomic E-state index is 13.4. The lowest BCUT2D eigenvalue weighted by molar-refractivity contribution is -0.129. The fourth-order valence-corrected chi connectivity index (χ4v) is 3.95. The standard InChI is InChI=1S/C20H22FN5OS/c1-13-7-5-8-14(2)18(13)26-20(22-23-24-26)28-15(3)19(27)25(4)12-16-9-6-10-17(21)11-16/h5-11,15H,12H2,1-4H3. The molecule has 1 atom stereocenters. The number of aryl methyl sites for hydroxylation is 2. The lowest BCUT2D eigenvalue weighted by Gasteiger charge is -2.21. The fraction of sp³-hybridized carbons (Fsp3) is 0.300. The van der Waals surface area contributed by atoms with E-state index in [1.165, 1.54) is 23.9 Å². The third-order valence-electron chi connectivity index (χ3n) is 4.41.